The van der Waals surface area contributed by atoms with Crippen LogP contribution in [0.2, 0.25) is 0 Å². The maximum absolute atomic E-state index is 4.59. The maximum atomic E-state index is 4.59. The third-order valence-corrected chi connectivity index (χ3v) is 7.95. The van der Waals surface area contributed by atoms with Crippen molar-refractivity contribution in [1.82, 2.24) is 14.6 Å². The number of aryl methyl sites for hydroxylation is 1. The van der Waals surface area contributed by atoms with Crippen molar-refractivity contribution in [2.45, 2.75) is 13.3 Å². The fourth-order valence-corrected chi connectivity index (χ4v) is 6.27. The lowest BCUT2D eigenvalue weighted by Gasteiger charge is -2.09. The molecule has 4 heteroatoms. The highest BCUT2D eigenvalue weighted by Gasteiger charge is 2.14. The maximum Gasteiger partial charge on any atom is 0.168 e. The van der Waals surface area contributed by atoms with Crippen LogP contribution in [-0.2, 0) is 6.42 Å². The van der Waals surface area contributed by atoms with E-state index in [1.165, 1.54) is 42.2 Å². The molecule has 3 aromatic heterocycles. The Labute approximate surface area is 200 Å². The predicted molar refractivity (Wildman–Crippen MR) is 144 cm³/mol. The van der Waals surface area contributed by atoms with E-state index in [2.05, 4.69) is 119 Å². The van der Waals surface area contributed by atoms with Crippen molar-refractivity contribution in [2.24, 2.45) is 0 Å². The monoisotopic (exact) mass is 455 g/mol. The number of benzene rings is 4. The first-order chi connectivity index (χ1) is 16.8. The van der Waals surface area contributed by atoms with Gasteiger partial charge in [0.15, 0.2) is 11.5 Å². The van der Waals surface area contributed by atoms with Crippen LogP contribution in [0.3, 0.4) is 0 Å². The minimum atomic E-state index is 0.877. The molecule has 0 fully saturated rings. The van der Waals surface area contributed by atoms with Gasteiger partial charge in [0, 0.05) is 37.3 Å². The van der Waals surface area contributed by atoms with Crippen LogP contribution in [-0.4, -0.2) is 14.6 Å². The first-order valence-electron chi connectivity index (χ1n) is 11.6. The average molecular weight is 456 g/mol. The molecule has 162 valence electrons. The van der Waals surface area contributed by atoms with Crippen LogP contribution in [0.25, 0.3) is 59.1 Å². The fraction of sp³-hybridized carbons (Fsp3) is 0.0667. The summed E-state index contributed by atoms with van der Waals surface area (Å²) in [4.78, 5) is 0. The van der Waals surface area contributed by atoms with Gasteiger partial charge in [-0.05, 0) is 34.6 Å². The van der Waals surface area contributed by atoms with Crippen molar-refractivity contribution in [2.75, 3.05) is 0 Å². The van der Waals surface area contributed by atoms with E-state index in [9.17, 15) is 0 Å². The van der Waals surface area contributed by atoms with E-state index < -0.39 is 0 Å². The number of hydrogen-bond donors (Lipinski definition) is 0. The van der Waals surface area contributed by atoms with Crippen molar-refractivity contribution in [3.05, 3.63) is 103 Å². The van der Waals surface area contributed by atoms with E-state index in [0.717, 1.165) is 28.8 Å². The largest absolute Gasteiger partial charge is 0.282 e. The van der Waals surface area contributed by atoms with Crippen molar-refractivity contribution >= 4 is 47.9 Å². The van der Waals surface area contributed by atoms with E-state index in [4.69, 9.17) is 0 Å². The number of pyridine rings is 1. The molecule has 0 aliphatic rings. The SMILES string of the molecule is CCc1cn2c(-c3ccc(-c4cccc5c4sc4ccccc45)cc3)nnc2c2ccccc12. The summed E-state index contributed by atoms with van der Waals surface area (Å²) in [6.45, 7) is 2.20. The number of aromatic nitrogens is 3. The molecule has 0 unspecified atom stereocenters. The van der Waals surface area contributed by atoms with Gasteiger partial charge in [0.05, 0.1) is 0 Å². The Morgan fingerprint density at radius 2 is 1.38 bits per heavy atom. The van der Waals surface area contributed by atoms with Gasteiger partial charge in [-0.3, -0.25) is 4.40 Å². The third kappa shape index (κ3) is 2.82. The molecule has 34 heavy (non-hydrogen) atoms. The van der Waals surface area contributed by atoms with Crippen molar-refractivity contribution in [3.63, 3.8) is 0 Å². The van der Waals surface area contributed by atoms with Gasteiger partial charge in [-0.2, -0.15) is 0 Å². The van der Waals surface area contributed by atoms with Gasteiger partial charge in [-0.1, -0.05) is 91.9 Å². The summed E-state index contributed by atoms with van der Waals surface area (Å²) in [7, 11) is 0. The van der Waals surface area contributed by atoms with Crippen molar-refractivity contribution in [1.29, 1.82) is 0 Å². The Kier molecular flexibility index (Phi) is 4.29. The summed E-state index contributed by atoms with van der Waals surface area (Å²) >= 11 is 1.87. The molecule has 0 atom stereocenters. The molecule has 0 radical (unpaired) electrons. The highest BCUT2D eigenvalue weighted by atomic mass is 32.1. The molecule has 4 aromatic carbocycles. The zero-order valence-electron chi connectivity index (χ0n) is 18.7. The predicted octanol–water partition coefficient (Wildman–Crippen LogP) is 8.15. The lowest BCUT2D eigenvalue weighted by atomic mass is 10.0. The highest BCUT2D eigenvalue weighted by molar-refractivity contribution is 7.26. The summed E-state index contributed by atoms with van der Waals surface area (Å²) in [6, 6.07) is 32.5. The van der Waals surface area contributed by atoms with Crippen LogP contribution in [0.15, 0.2) is 97.2 Å². The lowest BCUT2D eigenvalue weighted by Crippen LogP contribution is -1.95. The first kappa shape index (κ1) is 19.4. The second kappa shape index (κ2) is 7.51. The Morgan fingerprint density at radius 3 is 2.21 bits per heavy atom. The Bertz CT molecular complexity index is 1840. The van der Waals surface area contributed by atoms with Gasteiger partial charge in [0.2, 0.25) is 0 Å². The molecule has 0 spiro atoms. The van der Waals surface area contributed by atoms with E-state index in [1.807, 2.05) is 11.3 Å². The second-order valence-electron chi connectivity index (χ2n) is 8.63. The van der Waals surface area contributed by atoms with Crippen LogP contribution in [0.5, 0.6) is 0 Å². The Morgan fingerprint density at radius 1 is 0.676 bits per heavy atom. The van der Waals surface area contributed by atoms with Gasteiger partial charge in [-0.25, -0.2) is 0 Å². The quantitative estimate of drug-likeness (QED) is 0.269. The summed E-state index contributed by atoms with van der Waals surface area (Å²) in [5.41, 5.74) is 5.77. The molecule has 0 saturated heterocycles. The zero-order chi connectivity index (χ0) is 22.6. The molecule has 0 amide bonds. The normalized spacial score (nSPS) is 11.8. The number of nitrogens with zero attached hydrogens (tertiary/aromatic N) is 3. The number of thiophene rings is 1. The average Bonchev–Trinajstić information content (AvgIpc) is 3.50. The van der Waals surface area contributed by atoms with E-state index in [1.54, 1.807) is 0 Å². The van der Waals surface area contributed by atoms with Gasteiger partial charge in [-0.15, -0.1) is 21.5 Å². The van der Waals surface area contributed by atoms with Crippen LogP contribution >= 0.6 is 11.3 Å². The smallest absolute Gasteiger partial charge is 0.168 e. The molecule has 7 aromatic rings. The highest BCUT2D eigenvalue weighted by Crippen LogP contribution is 2.40. The minimum Gasteiger partial charge on any atom is -0.282 e. The minimum absolute atomic E-state index is 0.877. The topological polar surface area (TPSA) is 30.2 Å². The van der Waals surface area contributed by atoms with E-state index in [-0.39, 0.29) is 0 Å². The van der Waals surface area contributed by atoms with Gasteiger partial charge < -0.3 is 0 Å². The standard InChI is InChI=1S/C30H21N3S/c1-2-19-18-33-29(31-32-30(33)26-10-4-3-8-22(19)26)21-16-14-20(15-17-21)23-11-7-12-25-24-9-5-6-13-27(24)34-28(23)25/h3-18H,2H2,1H3. The number of rotatable bonds is 3. The fourth-order valence-electron chi connectivity index (χ4n) is 5.03. The molecule has 0 aliphatic carbocycles. The molecule has 3 heterocycles. The number of fused-ring (bicyclic) bond motifs is 6. The van der Waals surface area contributed by atoms with E-state index in [0.29, 0.717) is 0 Å². The molecule has 0 bridgehead atoms. The van der Waals surface area contributed by atoms with Gasteiger partial charge in [0.25, 0.3) is 0 Å². The summed E-state index contributed by atoms with van der Waals surface area (Å²) in [5.74, 6) is 0.877. The molecular formula is C30H21N3S. The molecular weight excluding hydrogens is 434 g/mol. The Hall–Kier alpha value is -4.02. The first-order valence-corrected chi connectivity index (χ1v) is 12.4. The number of hydrogen-bond acceptors (Lipinski definition) is 3. The molecule has 0 saturated carbocycles. The lowest BCUT2D eigenvalue weighted by molar-refractivity contribution is 1.08. The van der Waals surface area contributed by atoms with Crippen LogP contribution in [0.4, 0.5) is 0 Å². The van der Waals surface area contributed by atoms with Crippen LogP contribution < -0.4 is 0 Å². The third-order valence-electron chi connectivity index (χ3n) is 6.73. The molecule has 3 nitrogen and oxygen atoms in total. The van der Waals surface area contributed by atoms with Crippen LogP contribution in [0.1, 0.15) is 12.5 Å². The van der Waals surface area contributed by atoms with Crippen molar-refractivity contribution in [3.8, 4) is 22.5 Å². The molecule has 0 aliphatic heterocycles. The molecule has 0 N–H and O–H groups in total. The van der Waals surface area contributed by atoms with Crippen LogP contribution in [0, 0.1) is 0 Å². The van der Waals surface area contributed by atoms with Crippen molar-refractivity contribution < 1.29 is 0 Å². The van der Waals surface area contributed by atoms with Gasteiger partial charge in [0.1, 0.15) is 0 Å². The molecule has 7 rings (SSSR count). The Balaban J connectivity index is 1.37. The summed E-state index contributed by atoms with van der Waals surface area (Å²) in [5, 5.41) is 14.2. The zero-order valence-corrected chi connectivity index (χ0v) is 19.5. The summed E-state index contributed by atoms with van der Waals surface area (Å²) < 4.78 is 4.81. The van der Waals surface area contributed by atoms with Gasteiger partial charge >= 0.3 is 0 Å². The van der Waals surface area contributed by atoms with E-state index >= 15 is 0 Å². The summed E-state index contributed by atoms with van der Waals surface area (Å²) in [6.07, 6.45) is 3.16. The second-order valence-corrected chi connectivity index (χ2v) is 9.68.